The lowest BCUT2D eigenvalue weighted by molar-refractivity contribution is -0.156. The first-order valence-electron chi connectivity index (χ1n) is 6.89. The number of hydrogen-bond acceptors (Lipinski definition) is 3. The van der Waals surface area contributed by atoms with Crippen molar-refractivity contribution in [3.8, 4) is 5.75 Å². The predicted molar refractivity (Wildman–Crippen MR) is 75.5 cm³/mol. The van der Waals surface area contributed by atoms with Gasteiger partial charge >= 0.3 is 11.8 Å². The number of nitrogens with zero attached hydrogens (tertiary/aromatic N) is 2. The van der Waals surface area contributed by atoms with Gasteiger partial charge in [0, 0.05) is 19.6 Å². The zero-order valence-electron chi connectivity index (χ0n) is 12.0. The number of likely N-dealkylation sites (N-methyl/N-ethyl adjacent to an activating group) is 1. The minimum atomic E-state index is -0.425. The van der Waals surface area contributed by atoms with E-state index < -0.39 is 11.8 Å². The minimum Gasteiger partial charge on any atom is -0.492 e. The Labute approximate surface area is 119 Å². The zero-order chi connectivity index (χ0) is 14.5. The molecule has 1 aromatic carbocycles. The largest absolute Gasteiger partial charge is 0.492 e. The van der Waals surface area contributed by atoms with Gasteiger partial charge in [-0.25, -0.2) is 0 Å². The van der Waals surface area contributed by atoms with Crippen LogP contribution in [0, 0.1) is 6.92 Å². The second-order valence-electron chi connectivity index (χ2n) is 4.84. The molecule has 0 N–H and O–H groups in total. The maximum atomic E-state index is 11.9. The summed E-state index contributed by atoms with van der Waals surface area (Å²) >= 11 is 0. The van der Waals surface area contributed by atoms with E-state index in [2.05, 4.69) is 0 Å². The Morgan fingerprint density at radius 3 is 2.55 bits per heavy atom. The molecule has 0 saturated carbocycles. The molecule has 1 aromatic rings. The van der Waals surface area contributed by atoms with Crippen molar-refractivity contribution < 1.29 is 14.3 Å². The first-order chi connectivity index (χ1) is 9.61. The van der Waals surface area contributed by atoms with Gasteiger partial charge in [-0.1, -0.05) is 12.1 Å². The maximum Gasteiger partial charge on any atom is 0.312 e. The Hall–Kier alpha value is -2.04. The molecule has 0 radical (unpaired) electrons. The molecule has 1 fully saturated rings. The highest BCUT2D eigenvalue weighted by molar-refractivity contribution is 6.35. The van der Waals surface area contributed by atoms with Crippen molar-refractivity contribution in [2.75, 3.05) is 32.8 Å². The third-order valence-electron chi connectivity index (χ3n) is 3.40. The zero-order valence-corrected chi connectivity index (χ0v) is 12.0. The van der Waals surface area contributed by atoms with Crippen LogP contribution >= 0.6 is 0 Å². The van der Waals surface area contributed by atoms with Crippen LogP contribution in [0.15, 0.2) is 24.3 Å². The summed E-state index contributed by atoms with van der Waals surface area (Å²) in [6, 6.07) is 7.76. The van der Waals surface area contributed by atoms with Crippen molar-refractivity contribution in [3.63, 3.8) is 0 Å². The van der Waals surface area contributed by atoms with Gasteiger partial charge in [-0.15, -0.1) is 0 Å². The molecule has 2 amide bonds. The number of hydrogen-bond donors (Lipinski definition) is 0. The van der Waals surface area contributed by atoms with Gasteiger partial charge in [-0.2, -0.15) is 0 Å². The van der Waals surface area contributed by atoms with Gasteiger partial charge < -0.3 is 14.5 Å². The molecule has 0 unspecified atom stereocenters. The number of piperazine rings is 1. The third kappa shape index (κ3) is 3.29. The highest BCUT2D eigenvalue weighted by Gasteiger charge is 2.31. The molecule has 1 aliphatic rings. The Morgan fingerprint density at radius 2 is 1.85 bits per heavy atom. The van der Waals surface area contributed by atoms with E-state index in [1.807, 2.05) is 38.1 Å². The lowest BCUT2D eigenvalue weighted by Gasteiger charge is -2.32. The van der Waals surface area contributed by atoms with Crippen LogP contribution in [0.25, 0.3) is 0 Å². The fraction of sp³-hybridized carbons (Fsp3) is 0.467. The second-order valence-corrected chi connectivity index (χ2v) is 4.84. The van der Waals surface area contributed by atoms with Crippen LogP contribution in [0.3, 0.4) is 0 Å². The van der Waals surface area contributed by atoms with Crippen LogP contribution in [0.5, 0.6) is 5.75 Å². The monoisotopic (exact) mass is 276 g/mol. The number of amides is 2. The Morgan fingerprint density at radius 1 is 1.15 bits per heavy atom. The molecule has 5 nitrogen and oxygen atoms in total. The van der Waals surface area contributed by atoms with Gasteiger partial charge in [0.2, 0.25) is 0 Å². The van der Waals surface area contributed by atoms with Crippen molar-refractivity contribution in [2.24, 2.45) is 0 Å². The SMILES string of the molecule is CCN1CCN(CCOc2cccc(C)c2)C(=O)C1=O. The Bertz CT molecular complexity index is 502. The number of carbonyl (C=O) groups excluding carboxylic acids is 2. The van der Waals surface area contributed by atoms with E-state index in [0.29, 0.717) is 32.8 Å². The summed E-state index contributed by atoms with van der Waals surface area (Å²) in [5.74, 6) is -0.0452. The van der Waals surface area contributed by atoms with Crippen LogP contribution in [-0.2, 0) is 9.59 Å². The molecule has 0 aliphatic carbocycles. The van der Waals surface area contributed by atoms with E-state index in [1.54, 1.807) is 9.80 Å². The molecule has 20 heavy (non-hydrogen) atoms. The average Bonchev–Trinajstić information content (AvgIpc) is 2.44. The molecule has 0 aromatic heterocycles. The van der Waals surface area contributed by atoms with Crippen molar-refractivity contribution >= 4 is 11.8 Å². The normalized spacial score (nSPS) is 15.7. The third-order valence-corrected chi connectivity index (χ3v) is 3.40. The summed E-state index contributed by atoms with van der Waals surface area (Å²) in [6.07, 6.45) is 0. The van der Waals surface area contributed by atoms with Crippen molar-refractivity contribution in [1.82, 2.24) is 9.80 Å². The predicted octanol–water partition coefficient (Wildman–Crippen LogP) is 1.06. The summed E-state index contributed by atoms with van der Waals surface area (Å²) in [5, 5.41) is 0. The minimum absolute atomic E-state index is 0.397. The van der Waals surface area contributed by atoms with Crippen LogP contribution < -0.4 is 4.74 Å². The number of carbonyl (C=O) groups is 2. The summed E-state index contributed by atoms with van der Waals surface area (Å²) in [5.41, 5.74) is 1.13. The van der Waals surface area contributed by atoms with Crippen LogP contribution in [0.4, 0.5) is 0 Å². The van der Waals surface area contributed by atoms with E-state index in [1.165, 1.54) is 0 Å². The fourth-order valence-corrected chi connectivity index (χ4v) is 2.21. The lowest BCUT2D eigenvalue weighted by Crippen LogP contribution is -2.54. The number of ether oxygens (including phenoxy) is 1. The van der Waals surface area contributed by atoms with E-state index in [0.717, 1.165) is 11.3 Å². The average molecular weight is 276 g/mol. The first kappa shape index (κ1) is 14.4. The molecular weight excluding hydrogens is 256 g/mol. The number of aryl methyl sites for hydroxylation is 1. The molecule has 0 bridgehead atoms. The smallest absolute Gasteiger partial charge is 0.312 e. The summed E-state index contributed by atoms with van der Waals surface area (Å²) < 4.78 is 5.61. The lowest BCUT2D eigenvalue weighted by atomic mass is 10.2. The second kappa shape index (κ2) is 6.41. The summed E-state index contributed by atoms with van der Waals surface area (Å²) in [4.78, 5) is 26.7. The van der Waals surface area contributed by atoms with Gasteiger partial charge in [0.1, 0.15) is 12.4 Å². The standard InChI is InChI=1S/C15H20N2O3/c1-3-16-7-8-17(15(19)14(16)18)9-10-20-13-6-4-5-12(2)11-13/h4-6,11H,3,7-10H2,1-2H3. The topological polar surface area (TPSA) is 49.9 Å². The first-order valence-corrected chi connectivity index (χ1v) is 6.89. The van der Waals surface area contributed by atoms with E-state index in [-0.39, 0.29) is 0 Å². The van der Waals surface area contributed by atoms with Gasteiger partial charge in [0.25, 0.3) is 0 Å². The van der Waals surface area contributed by atoms with Crippen LogP contribution in [-0.4, -0.2) is 54.4 Å². The summed E-state index contributed by atoms with van der Waals surface area (Å²) in [6.45, 7) is 6.48. The maximum absolute atomic E-state index is 11.9. The van der Waals surface area contributed by atoms with Crippen LogP contribution in [0.1, 0.15) is 12.5 Å². The molecule has 5 heteroatoms. The number of rotatable bonds is 5. The molecule has 0 spiro atoms. The molecule has 1 heterocycles. The highest BCUT2D eigenvalue weighted by Crippen LogP contribution is 2.12. The highest BCUT2D eigenvalue weighted by atomic mass is 16.5. The quantitative estimate of drug-likeness (QED) is 0.756. The Balaban J connectivity index is 1.83. The van der Waals surface area contributed by atoms with Gasteiger partial charge in [-0.3, -0.25) is 9.59 Å². The molecular formula is C15H20N2O3. The molecule has 1 aliphatic heterocycles. The van der Waals surface area contributed by atoms with E-state index >= 15 is 0 Å². The summed E-state index contributed by atoms with van der Waals surface area (Å²) in [7, 11) is 0. The van der Waals surface area contributed by atoms with Crippen LogP contribution in [0.2, 0.25) is 0 Å². The molecule has 1 saturated heterocycles. The van der Waals surface area contributed by atoms with Crippen molar-refractivity contribution in [1.29, 1.82) is 0 Å². The van der Waals surface area contributed by atoms with Gasteiger partial charge in [-0.05, 0) is 31.5 Å². The molecule has 0 atom stereocenters. The molecule has 108 valence electrons. The van der Waals surface area contributed by atoms with E-state index in [9.17, 15) is 9.59 Å². The van der Waals surface area contributed by atoms with Crippen molar-refractivity contribution in [3.05, 3.63) is 29.8 Å². The fourth-order valence-electron chi connectivity index (χ4n) is 2.21. The molecule has 2 rings (SSSR count). The van der Waals surface area contributed by atoms with Gasteiger partial charge in [0.05, 0.1) is 6.54 Å². The Kier molecular flexibility index (Phi) is 4.61. The van der Waals surface area contributed by atoms with E-state index in [4.69, 9.17) is 4.74 Å². The van der Waals surface area contributed by atoms with Gasteiger partial charge in [0.15, 0.2) is 0 Å². The number of benzene rings is 1. The van der Waals surface area contributed by atoms with Crippen molar-refractivity contribution in [2.45, 2.75) is 13.8 Å².